The maximum atomic E-state index is 11.1. The largest absolute Gasteiger partial charge is 0.481 e. The molecule has 0 saturated heterocycles. The van der Waals surface area contributed by atoms with Crippen molar-refractivity contribution in [3.8, 4) is 0 Å². The summed E-state index contributed by atoms with van der Waals surface area (Å²) in [5, 5.41) is 35.1. The molecule has 0 fully saturated rings. The molecule has 0 radical (unpaired) electrons. The Morgan fingerprint density at radius 2 is 1.22 bits per heavy atom. The van der Waals surface area contributed by atoms with E-state index < -0.39 is 58.8 Å². The van der Waals surface area contributed by atoms with Crippen molar-refractivity contribution in [3.05, 3.63) is 0 Å². The van der Waals surface area contributed by atoms with Crippen LogP contribution in [0.1, 0.15) is 32.6 Å². The highest BCUT2D eigenvalue weighted by atomic mass is 32.2. The number of hydrogen-bond acceptors (Lipinski definition) is 7. The predicted octanol–water partition coefficient (Wildman–Crippen LogP) is -0.435. The van der Waals surface area contributed by atoms with Crippen molar-refractivity contribution in [2.24, 2.45) is 16.9 Å². The lowest BCUT2D eigenvalue weighted by atomic mass is 9.75. The van der Waals surface area contributed by atoms with Gasteiger partial charge in [0.15, 0.2) is 0 Å². The highest BCUT2D eigenvalue weighted by molar-refractivity contribution is 8.01. The van der Waals surface area contributed by atoms with Crippen molar-refractivity contribution < 1.29 is 39.6 Å². The van der Waals surface area contributed by atoms with Gasteiger partial charge in [-0.1, -0.05) is 6.92 Å². The summed E-state index contributed by atoms with van der Waals surface area (Å²) in [5.74, 6) is -5.53. The zero-order chi connectivity index (χ0) is 18.4. The van der Waals surface area contributed by atoms with Gasteiger partial charge >= 0.3 is 23.9 Å². The van der Waals surface area contributed by atoms with Gasteiger partial charge in [-0.15, -0.1) is 11.8 Å². The first-order valence-corrected chi connectivity index (χ1v) is 7.32. The van der Waals surface area contributed by atoms with Gasteiger partial charge in [-0.3, -0.25) is 19.2 Å². The molecule has 0 spiro atoms. The van der Waals surface area contributed by atoms with Gasteiger partial charge in [-0.2, -0.15) is 0 Å². The molecule has 10 nitrogen and oxygen atoms in total. The molecule has 0 aromatic carbocycles. The lowest BCUT2D eigenvalue weighted by Crippen LogP contribution is -2.62. The molecular formula is C12H20N2O8S. The average Bonchev–Trinajstić information content (AvgIpc) is 2.22. The molecule has 132 valence electrons. The van der Waals surface area contributed by atoms with Gasteiger partial charge in [0.05, 0.1) is 25.7 Å². The van der Waals surface area contributed by atoms with Gasteiger partial charge in [0.1, 0.15) is 4.99 Å². The van der Waals surface area contributed by atoms with E-state index in [1.807, 2.05) is 0 Å². The molecule has 1 atom stereocenters. The van der Waals surface area contributed by atoms with Crippen LogP contribution in [-0.4, -0.2) is 54.5 Å². The molecule has 0 aliphatic heterocycles. The fourth-order valence-corrected chi connectivity index (χ4v) is 3.57. The van der Waals surface area contributed by atoms with Crippen molar-refractivity contribution in [3.63, 3.8) is 0 Å². The molecule has 11 heteroatoms. The number of carboxylic acids is 4. The zero-order valence-corrected chi connectivity index (χ0v) is 13.2. The van der Waals surface area contributed by atoms with Crippen LogP contribution >= 0.6 is 11.8 Å². The van der Waals surface area contributed by atoms with Crippen LogP contribution in [0.2, 0.25) is 0 Å². The smallest absolute Gasteiger partial charge is 0.304 e. The summed E-state index contributed by atoms with van der Waals surface area (Å²) in [6.07, 6.45) is -3.01. The van der Waals surface area contributed by atoms with Gasteiger partial charge in [0.2, 0.25) is 0 Å². The predicted molar refractivity (Wildman–Crippen MR) is 79.6 cm³/mol. The van der Waals surface area contributed by atoms with E-state index in [2.05, 4.69) is 0 Å². The molecule has 0 bridgehead atoms. The maximum absolute atomic E-state index is 11.1. The maximum Gasteiger partial charge on any atom is 0.304 e. The fraction of sp³-hybridized carbons (Fsp3) is 0.667. The molecule has 0 amide bonds. The summed E-state index contributed by atoms with van der Waals surface area (Å²) in [5.41, 5.74) is 9.76. The van der Waals surface area contributed by atoms with Crippen molar-refractivity contribution in [1.82, 2.24) is 0 Å². The van der Waals surface area contributed by atoms with Crippen LogP contribution in [0.3, 0.4) is 0 Å². The second-order valence-corrected chi connectivity index (χ2v) is 7.03. The van der Waals surface area contributed by atoms with E-state index in [-0.39, 0.29) is 6.42 Å². The first kappa shape index (κ1) is 21.1. The van der Waals surface area contributed by atoms with Crippen LogP contribution < -0.4 is 11.5 Å². The molecule has 0 aliphatic carbocycles. The quantitative estimate of drug-likeness (QED) is 0.263. The van der Waals surface area contributed by atoms with Gasteiger partial charge in [0.25, 0.3) is 0 Å². The monoisotopic (exact) mass is 352 g/mol. The number of nitrogens with two attached hydrogens (primary N) is 2. The molecule has 0 aromatic heterocycles. The zero-order valence-electron chi connectivity index (χ0n) is 12.4. The Hall–Kier alpha value is -1.85. The van der Waals surface area contributed by atoms with Crippen molar-refractivity contribution in [2.75, 3.05) is 0 Å². The van der Waals surface area contributed by atoms with E-state index in [4.69, 9.17) is 31.9 Å². The molecule has 1 unspecified atom stereocenters. The summed E-state index contributed by atoms with van der Waals surface area (Å²) in [6.45, 7) is 1.46. The summed E-state index contributed by atoms with van der Waals surface area (Å²) < 4.78 is 0. The fourth-order valence-electron chi connectivity index (χ4n) is 2.22. The molecular weight excluding hydrogens is 332 g/mol. The van der Waals surface area contributed by atoms with Crippen LogP contribution in [0.25, 0.3) is 0 Å². The second kappa shape index (κ2) is 8.13. The average molecular weight is 352 g/mol. The Morgan fingerprint density at radius 3 is 1.48 bits per heavy atom. The summed E-state index contributed by atoms with van der Waals surface area (Å²) in [4.78, 5) is 41.9. The lowest BCUT2D eigenvalue weighted by molar-refractivity contribution is -0.149. The van der Waals surface area contributed by atoms with Crippen molar-refractivity contribution in [2.45, 2.75) is 42.9 Å². The number of carboxylic acid groups (broad SMARTS) is 4. The number of carbonyl (C=O) groups is 4. The van der Waals surface area contributed by atoms with Crippen molar-refractivity contribution in [1.29, 1.82) is 0 Å². The normalized spacial score (nSPS) is 13.3. The van der Waals surface area contributed by atoms with Crippen LogP contribution in [0.4, 0.5) is 0 Å². The van der Waals surface area contributed by atoms with Gasteiger partial charge < -0.3 is 31.9 Å². The molecule has 23 heavy (non-hydrogen) atoms. The summed E-state index contributed by atoms with van der Waals surface area (Å²) in [7, 11) is 0. The Labute approximate surface area is 135 Å². The lowest BCUT2D eigenvalue weighted by Gasteiger charge is -2.44. The minimum Gasteiger partial charge on any atom is -0.481 e. The standard InChI is InChI=1S/C12H20N2O8S/c1-6(2-7(15)16)23-12(13,14)11(3-8(17)18,4-9(19)20)5-10(21)22/h6H,2-5,13-14H2,1H3,(H,15,16)(H,17,18)(H,19,20)(H,21,22). The Balaban J connectivity index is 5.73. The first-order chi connectivity index (χ1) is 10.3. The summed E-state index contributed by atoms with van der Waals surface area (Å²) in [6, 6.07) is 0. The number of rotatable bonds is 11. The molecule has 0 aliphatic rings. The van der Waals surface area contributed by atoms with Crippen LogP contribution in [-0.2, 0) is 19.2 Å². The SMILES string of the molecule is CC(CC(=O)O)SC(N)(N)C(CC(=O)O)(CC(=O)O)CC(=O)O. The summed E-state index contributed by atoms with van der Waals surface area (Å²) >= 11 is 0.648. The number of thioether (sulfide) groups is 1. The van der Waals surface area contributed by atoms with Crippen LogP contribution in [0.15, 0.2) is 0 Å². The minimum atomic E-state index is -2.07. The number of aliphatic carboxylic acids is 4. The van der Waals surface area contributed by atoms with Gasteiger partial charge in [0, 0.05) is 10.7 Å². The van der Waals surface area contributed by atoms with Gasteiger partial charge in [-0.25, -0.2) is 0 Å². The van der Waals surface area contributed by atoms with Crippen molar-refractivity contribution >= 4 is 35.6 Å². The van der Waals surface area contributed by atoms with Gasteiger partial charge in [-0.05, 0) is 0 Å². The van der Waals surface area contributed by atoms with E-state index in [1.54, 1.807) is 0 Å². The highest BCUT2D eigenvalue weighted by Gasteiger charge is 2.52. The Morgan fingerprint density at radius 1 is 0.870 bits per heavy atom. The van der Waals surface area contributed by atoms with Crippen LogP contribution in [0.5, 0.6) is 0 Å². The van der Waals surface area contributed by atoms with E-state index in [1.165, 1.54) is 6.92 Å². The topological polar surface area (TPSA) is 201 Å². The molecule has 0 rings (SSSR count). The molecule has 0 saturated carbocycles. The minimum absolute atomic E-state index is 0.357. The number of hydrogen-bond donors (Lipinski definition) is 6. The van der Waals surface area contributed by atoms with E-state index in [9.17, 15) is 19.2 Å². The Bertz CT molecular complexity index is 453. The Kier molecular flexibility index (Phi) is 7.48. The molecule has 0 heterocycles. The highest BCUT2D eigenvalue weighted by Crippen LogP contribution is 2.45. The third-order valence-electron chi connectivity index (χ3n) is 3.16. The molecule has 8 N–H and O–H groups in total. The third kappa shape index (κ3) is 6.84. The van der Waals surface area contributed by atoms with E-state index in [0.29, 0.717) is 11.8 Å². The third-order valence-corrected chi connectivity index (χ3v) is 4.55. The van der Waals surface area contributed by atoms with E-state index >= 15 is 0 Å². The van der Waals surface area contributed by atoms with E-state index in [0.717, 1.165) is 0 Å². The first-order valence-electron chi connectivity index (χ1n) is 6.44. The second-order valence-electron chi connectivity index (χ2n) is 5.31. The molecule has 0 aromatic rings. The van der Waals surface area contributed by atoms with Crippen LogP contribution in [0, 0.1) is 5.41 Å².